The fourth-order valence-corrected chi connectivity index (χ4v) is 1.12. The Balaban J connectivity index is 3.22. The number of ether oxygens (including phenoxy) is 1. The first kappa shape index (κ1) is 12.4. The Morgan fingerprint density at radius 2 is 2.19 bits per heavy atom. The highest BCUT2D eigenvalue weighted by atomic mass is 19.4. The number of aromatic nitrogens is 1. The van der Waals surface area contributed by atoms with Gasteiger partial charge < -0.3 is 9.30 Å². The molecular formula is C10H10F3NO2. The maximum Gasteiger partial charge on any atom is 0.421 e. The van der Waals surface area contributed by atoms with Crippen molar-refractivity contribution < 1.29 is 17.9 Å². The van der Waals surface area contributed by atoms with E-state index in [1.54, 1.807) is 0 Å². The largest absolute Gasteiger partial charge is 0.488 e. The van der Waals surface area contributed by atoms with Gasteiger partial charge in [0.25, 0.3) is 5.56 Å². The van der Waals surface area contributed by atoms with E-state index < -0.39 is 17.3 Å². The van der Waals surface area contributed by atoms with Gasteiger partial charge in [0.05, 0.1) is 0 Å². The normalized spacial score (nSPS) is 11.2. The quantitative estimate of drug-likeness (QED) is 0.747. The van der Waals surface area contributed by atoms with Gasteiger partial charge in [0.2, 0.25) is 0 Å². The molecule has 0 aliphatic carbocycles. The average Bonchev–Trinajstić information content (AvgIpc) is 2.17. The molecule has 0 aliphatic rings. The Labute approximate surface area is 89.8 Å². The highest BCUT2D eigenvalue weighted by Crippen LogP contribution is 2.28. The topological polar surface area (TPSA) is 31.2 Å². The first-order valence-corrected chi connectivity index (χ1v) is 4.38. The number of rotatable bonds is 3. The van der Waals surface area contributed by atoms with Gasteiger partial charge in [0.15, 0.2) is 0 Å². The van der Waals surface area contributed by atoms with E-state index in [1.165, 1.54) is 19.3 Å². The van der Waals surface area contributed by atoms with Crippen molar-refractivity contribution in [2.75, 3.05) is 6.61 Å². The molecule has 1 heterocycles. The second kappa shape index (κ2) is 4.42. The minimum absolute atomic E-state index is 0.0191. The summed E-state index contributed by atoms with van der Waals surface area (Å²) in [6, 6.07) is 0.686. The Bertz CT molecular complexity index is 448. The Hall–Kier alpha value is -1.72. The second-order valence-corrected chi connectivity index (χ2v) is 3.10. The Morgan fingerprint density at radius 3 is 2.69 bits per heavy atom. The number of halogens is 3. The molecule has 0 atom stereocenters. The van der Waals surface area contributed by atoms with Gasteiger partial charge >= 0.3 is 6.18 Å². The van der Waals surface area contributed by atoms with Crippen molar-refractivity contribution >= 4 is 0 Å². The minimum Gasteiger partial charge on any atom is -0.488 e. The Kier molecular flexibility index (Phi) is 3.41. The van der Waals surface area contributed by atoms with E-state index in [-0.39, 0.29) is 12.4 Å². The molecule has 0 fully saturated rings. The van der Waals surface area contributed by atoms with Crippen LogP contribution in [0.15, 0.2) is 29.7 Å². The zero-order chi connectivity index (χ0) is 12.3. The molecule has 1 aromatic rings. The highest BCUT2D eigenvalue weighted by molar-refractivity contribution is 5.26. The van der Waals surface area contributed by atoms with Crippen LogP contribution < -0.4 is 10.3 Å². The molecule has 1 aromatic heterocycles. The number of alkyl halides is 3. The summed E-state index contributed by atoms with van der Waals surface area (Å²) in [5.74, 6) is -0.0191. The van der Waals surface area contributed by atoms with Crippen molar-refractivity contribution in [2.45, 2.75) is 6.18 Å². The smallest absolute Gasteiger partial charge is 0.421 e. The van der Waals surface area contributed by atoms with Crippen LogP contribution in [-0.4, -0.2) is 11.2 Å². The summed E-state index contributed by atoms with van der Waals surface area (Å²) in [4.78, 5) is 11.2. The summed E-state index contributed by atoms with van der Waals surface area (Å²) in [6.07, 6.45) is -2.08. The summed E-state index contributed by atoms with van der Waals surface area (Å²) in [7, 11) is 1.23. The van der Waals surface area contributed by atoms with E-state index >= 15 is 0 Å². The van der Waals surface area contributed by atoms with Crippen LogP contribution in [0.2, 0.25) is 0 Å². The number of hydrogen-bond acceptors (Lipinski definition) is 2. The minimum atomic E-state index is -4.68. The van der Waals surface area contributed by atoms with Crippen LogP contribution in [0.5, 0.6) is 5.75 Å². The molecule has 0 unspecified atom stereocenters. The number of pyridine rings is 1. The first-order chi connectivity index (χ1) is 7.36. The highest BCUT2D eigenvalue weighted by Gasteiger charge is 2.34. The molecule has 6 heteroatoms. The van der Waals surface area contributed by atoms with Gasteiger partial charge in [-0.15, -0.1) is 0 Å². The maximum atomic E-state index is 12.4. The van der Waals surface area contributed by atoms with Gasteiger partial charge in [-0.25, -0.2) is 0 Å². The lowest BCUT2D eigenvalue weighted by Crippen LogP contribution is -2.26. The SMILES string of the molecule is C=CCOc1cc(C(F)(F)F)c(=O)n(C)c1. The Morgan fingerprint density at radius 1 is 1.56 bits per heavy atom. The standard InChI is InChI=1S/C10H10F3NO2/c1-3-4-16-7-5-8(10(11,12)13)9(15)14(2)6-7/h3,5-6H,1,4H2,2H3. The lowest BCUT2D eigenvalue weighted by Gasteiger charge is -2.10. The first-order valence-electron chi connectivity index (χ1n) is 4.38. The van der Waals surface area contributed by atoms with Crippen molar-refractivity contribution in [2.24, 2.45) is 7.05 Å². The molecule has 3 nitrogen and oxygen atoms in total. The van der Waals surface area contributed by atoms with E-state index in [0.717, 1.165) is 4.57 Å². The lowest BCUT2D eigenvalue weighted by atomic mass is 10.2. The predicted octanol–water partition coefficient (Wildman–Crippen LogP) is 1.97. The van der Waals surface area contributed by atoms with E-state index in [1.807, 2.05) is 0 Å². The number of nitrogens with zero attached hydrogens (tertiary/aromatic N) is 1. The molecule has 0 bridgehead atoms. The third kappa shape index (κ3) is 2.65. The van der Waals surface area contributed by atoms with Gasteiger partial charge in [0.1, 0.15) is 17.9 Å². The summed E-state index contributed by atoms with van der Waals surface area (Å²) < 4.78 is 43.1. The van der Waals surface area contributed by atoms with Crippen molar-refractivity contribution in [1.82, 2.24) is 4.57 Å². The van der Waals surface area contributed by atoms with Crippen LogP contribution in [-0.2, 0) is 13.2 Å². The van der Waals surface area contributed by atoms with Crippen LogP contribution in [0.3, 0.4) is 0 Å². The van der Waals surface area contributed by atoms with E-state index in [4.69, 9.17) is 4.74 Å². The summed E-state index contributed by atoms with van der Waals surface area (Å²) in [6.45, 7) is 3.45. The summed E-state index contributed by atoms with van der Waals surface area (Å²) in [5, 5.41) is 0. The maximum absolute atomic E-state index is 12.4. The molecule has 0 aromatic carbocycles. The number of aryl methyl sites for hydroxylation is 1. The van der Waals surface area contributed by atoms with E-state index in [0.29, 0.717) is 6.07 Å². The molecule has 16 heavy (non-hydrogen) atoms. The molecule has 0 N–H and O–H groups in total. The molecule has 1 rings (SSSR count). The third-order valence-corrected chi connectivity index (χ3v) is 1.83. The fraction of sp³-hybridized carbons (Fsp3) is 0.300. The zero-order valence-corrected chi connectivity index (χ0v) is 8.54. The molecule has 0 aliphatic heterocycles. The fourth-order valence-electron chi connectivity index (χ4n) is 1.12. The van der Waals surface area contributed by atoms with Crippen molar-refractivity contribution in [3.05, 3.63) is 40.8 Å². The van der Waals surface area contributed by atoms with Crippen LogP contribution in [0.1, 0.15) is 5.56 Å². The van der Waals surface area contributed by atoms with Gasteiger partial charge in [-0.2, -0.15) is 13.2 Å². The van der Waals surface area contributed by atoms with Crippen molar-refractivity contribution in [3.8, 4) is 5.75 Å². The molecule has 0 radical (unpaired) electrons. The summed E-state index contributed by atoms with van der Waals surface area (Å²) in [5.41, 5.74) is -2.34. The third-order valence-electron chi connectivity index (χ3n) is 1.83. The lowest BCUT2D eigenvalue weighted by molar-refractivity contribution is -0.139. The van der Waals surface area contributed by atoms with Crippen LogP contribution in [0, 0.1) is 0 Å². The zero-order valence-electron chi connectivity index (χ0n) is 8.54. The molecule has 0 saturated heterocycles. The second-order valence-electron chi connectivity index (χ2n) is 3.10. The summed E-state index contributed by atoms with van der Waals surface area (Å²) >= 11 is 0. The average molecular weight is 233 g/mol. The van der Waals surface area contributed by atoms with Crippen molar-refractivity contribution in [3.63, 3.8) is 0 Å². The molecule has 0 amide bonds. The predicted molar refractivity (Wildman–Crippen MR) is 52.4 cm³/mol. The van der Waals surface area contributed by atoms with Crippen molar-refractivity contribution in [1.29, 1.82) is 0 Å². The number of hydrogen-bond donors (Lipinski definition) is 0. The van der Waals surface area contributed by atoms with Gasteiger partial charge in [-0.1, -0.05) is 12.7 Å². The molecule has 0 saturated carbocycles. The van der Waals surface area contributed by atoms with E-state index in [2.05, 4.69) is 6.58 Å². The van der Waals surface area contributed by atoms with Gasteiger partial charge in [-0.3, -0.25) is 4.79 Å². The van der Waals surface area contributed by atoms with Crippen LogP contribution >= 0.6 is 0 Å². The monoisotopic (exact) mass is 233 g/mol. The molecule has 88 valence electrons. The molecular weight excluding hydrogens is 223 g/mol. The van der Waals surface area contributed by atoms with Gasteiger partial charge in [0, 0.05) is 13.2 Å². The molecule has 0 spiro atoms. The van der Waals surface area contributed by atoms with Gasteiger partial charge in [-0.05, 0) is 6.07 Å². The van der Waals surface area contributed by atoms with Crippen LogP contribution in [0.4, 0.5) is 13.2 Å². The van der Waals surface area contributed by atoms with E-state index in [9.17, 15) is 18.0 Å². The van der Waals surface area contributed by atoms with Crippen LogP contribution in [0.25, 0.3) is 0 Å².